The van der Waals surface area contributed by atoms with E-state index in [1.807, 2.05) is 66.9 Å². The molecule has 7 heteroatoms. The smallest absolute Gasteiger partial charge is 0.313 e. The van der Waals surface area contributed by atoms with Crippen LogP contribution in [0.3, 0.4) is 0 Å². The lowest BCUT2D eigenvalue weighted by atomic mass is 10.1. The van der Waals surface area contributed by atoms with Crippen LogP contribution in [-0.4, -0.2) is 23.8 Å². The van der Waals surface area contributed by atoms with Crippen LogP contribution in [0.25, 0.3) is 11.1 Å². The van der Waals surface area contributed by atoms with E-state index in [2.05, 4.69) is 0 Å². The maximum Gasteiger partial charge on any atom is 0.313 e. The predicted octanol–water partition coefficient (Wildman–Crippen LogP) is 4.39. The van der Waals surface area contributed by atoms with Crippen molar-refractivity contribution in [2.45, 2.75) is 13.3 Å². The number of rotatable bonds is 8. The molecule has 0 saturated heterocycles. The van der Waals surface area contributed by atoms with Crippen LogP contribution in [0.5, 0.6) is 10.8 Å². The second-order valence-electron chi connectivity index (χ2n) is 6.15. The van der Waals surface area contributed by atoms with Gasteiger partial charge in [0.1, 0.15) is 17.6 Å². The lowest BCUT2D eigenvalue weighted by Gasteiger charge is -2.16. The molecule has 0 amide bonds. The largest absolute Gasteiger partial charge is 0.497 e. The van der Waals surface area contributed by atoms with E-state index in [1.165, 1.54) is 11.3 Å². The summed E-state index contributed by atoms with van der Waals surface area (Å²) < 4.78 is 23.7. The molecule has 0 aliphatic rings. The van der Waals surface area contributed by atoms with Crippen molar-refractivity contribution in [1.29, 1.82) is 0 Å². The number of thiophene rings is 1. The summed E-state index contributed by atoms with van der Waals surface area (Å²) in [5, 5.41) is 2.47. The Morgan fingerprint density at radius 3 is 2.61 bits per heavy atom. The molecule has 2 aromatic carbocycles. The number of anilines is 1. The number of hydrogen-bond donors (Lipinski definition) is 1. The molecule has 0 aliphatic heterocycles. The molecule has 3 aromatic rings. The molecule has 3 rings (SSSR count). The molecule has 146 valence electrons. The van der Waals surface area contributed by atoms with Gasteiger partial charge in [0.05, 0.1) is 13.5 Å². The van der Waals surface area contributed by atoms with Crippen molar-refractivity contribution in [3.8, 4) is 21.9 Å². The number of benzene rings is 2. The van der Waals surface area contributed by atoms with Gasteiger partial charge in [-0.3, -0.25) is 9.10 Å². The van der Waals surface area contributed by atoms with Gasteiger partial charge in [-0.2, -0.15) is 0 Å². The van der Waals surface area contributed by atoms with Crippen LogP contribution in [0.1, 0.15) is 12.0 Å². The summed E-state index contributed by atoms with van der Waals surface area (Å²) in [7, 11) is 1.63. The van der Waals surface area contributed by atoms with E-state index in [0.717, 1.165) is 28.1 Å². The third-order valence-electron chi connectivity index (χ3n) is 4.15. The van der Waals surface area contributed by atoms with Crippen LogP contribution in [0.4, 0.5) is 5.69 Å². The molecule has 0 aliphatic carbocycles. The highest BCUT2D eigenvalue weighted by molar-refractivity contribution is 7.67. The highest BCUT2D eigenvalue weighted by Gasteiger charge is 2.12. The molecule has 0 saturated carbocycles. The average Bonchev–Trinajstić information content (AvgIpc) is 3.18. The first-order valence-electron chi connectivity index (χ1n) is 8.70. The standard InChI is InChI=1S/C21H21NO4S2/c1-15-6-8-18(9-7-15)22(28-24)11-10-20(23)26-21-13-17(14-27-21)16-4-3-5-19(12-16)25-2/h3-9,12-14,28H,10-11H2,1-2H3. The van der Waals surface area contributed by atoms with E-state index < -0.39 is 0 Å². The normalized spacial score (nSPS) is 10.5. The Kier molecular flexibility index (Phi) is 6.84. The number of carbonyl (C=O) groups excluding carboxylic acids is 1. The van der Waals surface area contributed by atoms with Crippen LogP contribution in [-0.2, 0) is 16.6 Å². The van der Waals surface area contributed by atoms with Gasteiger partial charge in [-0.05, 0) is 42.3 Å². The molecule has 1 aromatic heterocycles. The summed E-state index contributed by atoms with van der Waals surface area (Å²) in [6.45, 7) is 2.29. The number of thiol groups is 1. The number of aryl methyl sites for hydroxylation is 1. The van der Waals surface area contributed by atoms with Crippen LogP contribution in [0, 0.1) is 6.92 Å². The van der Waals surface area contributed by atoms with E-state index in [1.54, 1.807) is 11.4 Å². The Morgan fingerprint density at radius 2 is 1.89 bits per heavy atom. The quantitative estimate of drug-likeness (QED) is 0.438. The zero-order valence-electron chi connectivity index (χ0n) is 15.6. The van der Waals surface area contributed by atoms with Crippen LogP contribution in [0.2, 0.25) is 0 Å². The number of hydrogen-bond acceptors (Lipinski definition) is 5. The molecule has 0 radical (unpaired) electrons. The highest BCUT2D eigenvalue weighted by atomic mass is 32.2. The van der Waals surface area contributed by atoms with Crippen molar-refractivity contribution in [1.82, 2.24) is 0 Å². The fraction of sp³-hybridized carbons (Fsp3) is 0.190. The van der Waals surface area contributed by atoms with Gasteiger partial charge in [-0.15, -0.1) is 11.3 Å². The van der Waals surface area contributed by atoms with Gasteiger partial charge in [-0.1, -0.05) is 29.8 Å². The van der Waals surface area contributed by atoms with Gasteiger partial charge in [-0.25, -0.2) is 4.21 Å². The molecule has 1 heterocycles. The lowest BCUT2D eigenvalue weighted by Crippen LogP contribution is -2.23. The Morgan fingerprint density at radius 1 is 1.11 bits per heavy atom. The van der Waals surface area contributed by atoms with Crippen molar-refractivity contribution in [2.24, 2.45) is 0 Å². The summed E-state index contributed by atoms with van der Waals surface area (Å²) >= 11 is 1.21. The second kappa shape index (κ2) is 9.52. The van der Waals surface area contributed by atoms with Crippen molar-refractivity contribution >= 4 is 34.8 Å². The third kappa shape index (κ3) is 5.21. The Hall–Kier alpha value is -2.64. The van der Waals surface area contributed by atoms with Gasteiger partial charge >= 0.3 is 5.97 Å². The van der Waals surface area contributed by atoms with Crippen molar-refractivity contribution in [2.75, 3.05) is 18.0 Å². The average molecular weight is 416 g/mol. The second-order valence-corrected chi connectivity index (χ2v) is 7.67. The van der Waals surface area contributed by atoms with E-state index in [9.17, 15) is 9.00 Å². The van der Waals surface area contributed by atoms with E-state index in [0.29, 0.717) is 11.6 Å². The van der Waals surface area contributed by atoms with Crippen LogP contribution >= 0.6 is 11.3 Å². The first-order chi connectivity index (χ1) is 13.6. The fourth-order valence-electron chi connectivity index (χ4n) is 2.62. The monoisotopic (exact) mass is 415 g/mol. The van der Waals surface area contributed by atoms with Gasteiger partial charge in [0.2, 0.25) is 0 Å². The summed E-state index contributed by atoms with van der Waals surface area (Å²) in [5.41, 5.74) is 3.88. The number of carbonyl (C=O) groups is 1. The highest BCUT2D eigenvalue weighted by Crippen LogP contribution is 2.32. The van der Waals surface area contributed by atoms with Crippen molar-refractivity contribution < 1.29 is 18.5 Å². The van der Waals surface area contributed by atoms with E-state index >= 15 is 0 Å². The maximum atomic E-state index is 12.2. The number of nitrogens with zero attached hydrogens (tertiary/aromatic N) is 1. The molecule has 0 atom stereocenters. The van der Waals surface area contributed by atoms with Crippen molar-refractivity contribution in [3.05, 3.63) is 65.5 Å². The first kappa shape index (κ1) is 20.1. The molecular formula is C21H21NO4S2. The molecule has 0 spiro atoms. The third-order valence-corrected chi connectivity index (χ3v) is 5.58. The summed E-state index contributed by atoms with van der Waals surface area (Å²) in [6.07, 6.45) is 0.134. The number of ether oxygens (including phenoxy) is 2. The zero-order chi connectivity index (χ0) is 19.9. The van der Waals surface area contributed by atoms with Crippen molar-refractivity contribution in [3.63, 3.8) is 0 Å². The first-order valence-corrected chi connectivity index (χ1v) is 10.3. The molecular weight excluding hydrogens is 394 g/mol. The fourth-order valence-corrected chi connectivity index (χ4v) is 3.81. The Balaban J connectivity index is 1.58. The van der Waals surface area contributed by atoms with Crippen LogP contribution < -0.4 is 13.8 Å². The molecule has 0 bridgehead atoms. The summed E-state index contributed by atoms with van der Waals surface area (Å²) in [4.78, 5) is 12.2. The minimum atomic E-state index is -0.361. The Bertz CT molecular complexity index is 953. The summed E-state index contributed by atoms with van der Waals surface area (Å²) in [5.74, 6) is 0.412. The molecule has 5 nitrogen and oxygen atoms in total. The minimum Gasteiger partial charge on any atom is -0.497 e. The zero-order valence-corrected chi connectivity index (χ0v) is 17.3. The van der Waals surface area contributed by atoms with Gasteiger partial charge in [0.25, 0.3) is 0 Å². The predicted molar refractivity (Wildman–Crippen MR) is 115 cm³/mol. The Labute approximate surface area is 172 Å². The molecule has 0 N–H and O–H groups in total. The molecule has 0 fully saturated rings. The topological polar surface area (TPSA) is 55.8 Å². The molecule has 28 heavy (non-hydrogen) atoms. The van der Waals surface area contributed by atoms with Gasteiger partial charge in [0, 0.05) is 23.7 Å². The van der Waals surface area contributed by atoms with E-state index in [4.69, 9.17) is 9.47 Å². The van der Waals surface area contributed by atoms with E-state index in [-0.39, 0.29) is 24.2 Å². The lowest BCUT2D eigenvalue weighted by molar-refractivity contribution is -0.133. The number of esters is 1. The van der Waals surface area contributed by atoms with Crippen LogP contribution in [0.15, 0.2) is 60.0 Å². The SMILES string of the molecule is COc1cccc(-c2csc(OC(=O)CCN([SH]=O)c3ccc(C)cc3)c2)c1. The maximum absolute atomic E-state index is 12.2. The van der Waals surface area contributed by atoms with Gasteiger partial charge < -0.3 is 9.47 Å². The van der Waals surface area contributed by atoms with Gasteiger partial charge in [0.15, 0.2) is 5.06 Å². The summed E-state index contributed by atoms with van der Waals surface area (Å²) in [6, 6.07) is 17.2. The number of methoxy groups -OCH3 is 1. The molecule has 0 unspecified atom stereocenters. The minimum absolute atomic E-state index is 0.134.